The third kappa shape index (κ3) is 2.14. The Morgan fingerprint density at radius 2 is 2.17 bits per heavy atom. The van der Waals surface area contributed by atoms with Gasteiger partial charge in [-0.1, -0.05) is 29.8 Å². The van der Waals surface area contributed by atoms with Crippen LogP contribution in [0.1, 0.15) is 18.9 Å². The van der Waals surface area contributed by atoms with Gasteiger partial charge in [0.1, 0.15) is 11.3 Å². The maximum atomic E-state index is 6.20. The molecule has 0 radical (unpaired) electrons. The van der Waals surface area contributed by atoms with E-state index in [1.807, 2.05) is 30.5 Å². The molecule has 1 saturated heterocycles. The van der Waals surface area contributed by atoms with Crippen LogP contribution in [0, 0.1) is 0 Å². The van der Waals surface area contributed by atoms with Crippen molar-refractivity contribution in [1.82, 2.24) is 15.8 Å². The second-order valence-electron chi connectivity index (χ2n) is 4.62. The molecule has 0 amide bonds. The van der Waals surface area contributed by atoms with E-state index in [1.165, 1.54) is 0 Å². The Hall–Kier alpha value is -1.36. The van der Waals surface area contributed by atoms with E-state index in [0.29, 0.717) is 11.2 Å². The number of halogens is 1. The van der Waals surface area contributed by atoms with Crippen LogP contribution in [0.15, 0.2) is 29.3 Å². The molecule has 3 rings (SSSR count). The molecule has 3 N–H and O–H groups in total. The molecule has 1 aromatic carbocycles. The second-order valence-corrected chi connectivity index (χ2v) is 5.00. The molecule has 18 heavy (non-hydrogen) atoms. The molecule has 1 aliphatic rings. The number of rotatable bonds is 2. The Labute approximate surface area is 110 Å². The van der Waals surface area contributed by atoms with Gasteiger partial charge in [0.15, 0.2) is 0 Å². The van der Waals surface area contributed by atoms with E-state index >= 15 is 0 Å². The van der Waals surface area contributed by atoms with Gasteiger partial charge in [0, 0.05) is 35.1 Å². The lowest BCUT2D eigenvalue weighted by Crippen LogP contribution is -2.31. The maximum absolute atomic E-state index is 6.20. The largest absolute Gasteiger partial charge is 0.345 e. The molecular weight excluding hydrogens is 248 g/mol. The number of benzene rings is 1. The molecule has 2 atom stereocenters. The summed E-state index contributed by atoms with van der Waals surface area (Å²) in [6.07, 6.45) is 2.94. The van der Waals surface area contributed by atoms with Gasteiger partial charge in [-0.25, -0.2) is 5.43 Å². The van der Waals surface area contributed by atoms with Crippen LogP contribution in [0.4, 0.5) is 0 Å². The minimum Gasteiger partial charge on any atom is -0.345 e. The van der Waals surface area contributed by atoms with Gasteiger partial charge >= 0.3 is 0 Å². The summed E-state index contributed by atoms with van der Waals surface area (Å²) in [7, 11) is 0. The molecule has 1 aliphatic heterocycles. The van der Waals surface area contributed by atoms with Crippen molar-refractivity contribution in [3.8, 4) is 0 Å². The maximum Gasteiger partial charge on any atom is 0.116 e. The number of nitrogens with zero attached hydrogens (tertiary/aromatic N) is 1. The number of aliphatic imine (C=N–C) groups is 1. The monoisotopic (exact) mass is 262 g/mol. The number of hydrazine groups is 1. The fourth-order valence-corrected chi connectivity index (χ4v) is 2.46. The summed E-state index contributed by atoms with van der Waals surface area (Å²) in [6.45, 7) is 2.13. The van der Waals surface area contributed by atoms with Gasteiger partial charge in [0.25, 0.3) is 0 Å². The van der Waals surface area contributed by atoms with Crippen LogP contribution in [-0.2, 0) is 0 Å². The first-order valence-corrected chi connectivity index (χ1v) is 6.42. The summed E-state index contributed by atoms with van der Waals surface area (Å²) < 4.78 is 0. The fraction of sp³-hybridized carbons (Fsp3) is 0.308. The van der Waals surface area contributed by atoms with Gasteiger partial charge in [-0.05, 0) is 13.0 Å². The van der Waals surface area contributed by atoms with Crippen molar-refractivity contribution in [2.45, 2.75) is 25.6 Å². The van der Waals surface area contributed by atoms with Crippen LogP contribution in [0.5, 0.6) is 0 Å². The highest BCUT2D eigenvalue weighted by atomic mass is 35.5. The molecule has 1 aromatic heterocycles. The zero-order chi connectivity index (χ0) is 12.5. The lowest BCUT2D eigenvalue weighted by atomic mass is 10.2. The molecule has 0 bridgehead atoms. The van der Waals surface area contributed by atoms with Gasteiger partial charge in [-0.3, -0.25) is 10.4 Å². The Morgan fingerprint density at radius 3 is 2.94 bits per heavy atom. The summed E-state index contributed by atoms with van der Waals surface area (Å²) >= 11 is 6.20. The van der Waals surface area contributed by atoms with Crippen LogP contribution in [0.25, 0.3) is 10.9 Å². The number of H-pyrrole nitrogens is 1. The average Bonchev–Trinajstić information content (AvgIpc) is 2.90. The minimum absolute atomic E-state index is 0.115. The lowest BCUT2D eigenvalue weighted by Gasteiger charge is -2.01. The third-order valence-electron chi connectivity index (χ3n) is 3.15. The minimum atomic E-state index is 0.115. The van der Waals surface area contributed by atoms with Crippen molar-refractivity contribution < 1.29 is 0 Å². The number of hydrogen-bond acceptors (Lipinski definition) is 3. The summed E-state index contributed by atoms with van der Waals surface area (Å²) in [6, 6.07) is 8.49. The van der Waals surface area contributed by atoms with E-state index in [0.717, 1.165) is 22.9 Å². The van der Waals surface area contributed by atoms with Gasteiger partial charge < -0.3 is 4.98 Å². The molecule has 0 spiro atoms. The van der Waals surface area contributed by atoms with E-state index in [4.69, 9.17) is 11.6 Å². The topological polar surface area (TPSA) is 52.2 Å². The molecule has 0 saturated carbocycles. The van der Waals surface area contributed by atoms with E-state index in [1.54, 1.807) is 0 Å². The number of para-hydroxylation sites is 1. The second kappa shape index (κ2) is 4.72. The van der Waals surface area contributed by atoms with Crippen LogP contribution < -0.4 is 10.9 Å². The van der Waals surface area contributed by atoms with Crippen LogP contribution in [-0.4, -0.2) is 23.4 Å². The van der Waals surface area contributed by atoms with Gasteiger partial charge in [-0.2, -0.15) is 0 Å². The molecule has 94 valence electrons. The smallest absolute Gasteiger partial charge is 0.116 e. The van der Waals surface area contributed by atoms with Crippen LogP contribution in [0.3, 0.4) is 0 Å². The number of hydrogen-bond donors (Lipinski definition) is 3. The van der Waals surface area contributed by atoms with E-state index in [9.17, 15) is 0 Å². The van der Waals surface area contributed by atoms with E-state index < -0.39 is 0 Å². The molecule has 2 aromatic rings. The molecule has 1 fully saturated rings. The Balaban J connectivity index is 1.90. The van der Waals surface area contributed by atoms with Gasteiger partial charge in [0.05, 0.1) is 0 Å². The molecular formula is C13H15ClN4. The Bertz CT molecular complexity index is 590. The first-order chi connectivity index (χ1) is 8.74. The molecule has 2 unspecified atom stereocenters. The zero-order valence-electron chi connectivity index (χ0n) is 10.1. The molecule has 0 aliphatic carbocycles. The highest BCUT2D eigenvalue weighted by molar-refractivity contribution is 6.34. The third-order valence-corrected chi connectivity index (χ3v) is 3.45. The summed E-state index contributed by atoms with van der Waals surface area (Å²) in [5, 5.41) is 1.74. The fourth-order valence-electron chi connectivity index (χ4n) is 2.21. The van der Waals surface area contributed by atoms with Crippen molar-refractivity contribution in [3.05, 3.63) is 35.0 Å². The molecule has 2 heterocycles. The number of aromatic amines is 1. The van der Waals surface area contributed by atoms with Gasteiger partial charge in [-0.15, -0.1) is 0 Å². The Kier molecular flexibility index (Phi) is 3.07. The Morgan fingerprint density at radius 1 is 1.33 bits per heavy atom. The summed E-state index contributed by atoms with van der Waals surface area (Å²) in [5.74, 6) is 0. The number of fused-ring (bicyclic) bond motifs is 1. The van der Waals surface area contributed by atoms with Crippen molar-refractivity contribution in [1.29, 1.82) is 0 Å². The standard InChI is InChI=1S/C13H15ClN4/c1-8-6-12(18-17-8)15-7-10-9-4-2-3-5-11(9)16-13(10)14/h2-5,7-8,12,16-18H,6H2,1H3/b15-7+. The molecule has 4 nitrogen and oxygen atoms in total. The SMILES string of the molecule is CC1CC(/N=C/c2c(Cl)[nH]c3ccccc23)NN1. The first-order valence-electron chi connectivity index (χ1n) is 6.04. The lowest BCUT2D eigenvalue weighted by molar-refractivity contribution is 0.559. The summed E-state index contributed by atoms with van der Waals surface area (Å²) in [5.41, 5.74) is 8.27. The van der Waals surface area contributed by atoms with E-state index in [-0.39, 0.29) is 6.17 Å². The van der Waals surface area contributed by atoms with Gasteiger partial charge in [0.2, 0.25) is 0 Å². The average molecular weight is 263 g/mol. The predicted octanol–water partition coefficient (Wildman–Crippen LogP) is 2.45. The number of aromatic nitrogens is 1. The first kappa shape index (κ1) is 11.7. The van der Waals surface area contributed by atoms with Crippen molar-refractivity contribution in [2.24, 2.45) is 4.99 Å². The van der Waals surface area contributed by atoms with Crippen LogP contribution >= 0.6 is 11.6 Å². The predicted molar refractivity (Wildman–Crippen MR) is 75.0 cm³/mol. The van der Waals surface area contributed by atoms with Crippen LogP contribution in [0.2, 0.25) is 5.15 Å². The highest BCUT2D eigenvalue weighted by Crippen LogP contribution is 2.24. The highest BCUT2D eigenvalue weighted by Gasteiger charge is 2.18. The quantitative estimate of drug-likeness (QED) is 0.728. The zero-order valence-corrected chi connectivity index (χ0v) is 10.8. The van der Waals surface area contributed by atoms with E-state index in [2.05, 4.69) is 27.8 Å². The van der Waals surface area contributed by atoms with Crippen molar-refractivity contribution >= 4 is 28.7 Å². The number of nitrogens with one attached hydrogen (secondary N) is 3. The normalized spacial score (nSPS) is 24.3. The van der Waals surface area contributed by atoms with Crippen molar-refractivity contribution in [2.75, 3.05) is 0 Å². The summed E-state index contributed by atoms with van der Waals surface area (Å²) in [4.78, 5) is 7.67. The van der Waals surface area contributed by atoms with Crippen molar-refractivity contribution in [3.63, 3.8) is 0 Å². The molecule has 5 heteroatoms.